The molecule has 1 rings (SSSR count). The number of esters is 1. The van der Waals surface area contributed by atoms with Crippen molar-refractivity contribution in [3.05, 3.63) is 35.1 Å². The molecular formula is C13H14FNO5. The van der Waals surface area contributed by atoms with Gasteiger partial charge in [0, 0.05) is 0 Å². The molecule has 7 heteroatoms. The summed E-state index contributed by atoms with van der Waals surface area (Å²) in [7, 11) is 1.09. The Bertz CT molecular complexity index is 544. The van der Waals surface area contributed by atoms with Gasteiger partial charge in [0.2, 0.25) is 0 Å². The number of imide groups is 1. The number of amides is 2. The molecule has 1 N–H and O–H groups in total. The number of hydrogen-bond donors (Lipinski definition) is 1. The lowest BCUT2D eigenvalue weighted by Gasteiger charge is -2.12. The van der Waals surface area contributed by atoms with E-state index in [4.69, 9.17) is 4.74 Å². The van der Waals surface area contributed by atoms with Gasteiger partial charge in [-0.3, -0.25) is 10.1 Å². The number of nitrogens with one attached hydrogen (secondary N) is 1. The third-order valence-corrected chi connectivity index (χ3v) is 2.47. The van der Waals surface area contributed by atoms with E-state index in [0.717, 1.165) is 13.2 Å². The average Bonchev–Trinajstić information content (AvgIpc) is 2.41. The highest BCUT2D eigenvalue weighted by Gasteiger charge is 2.21. The van der Waals surface area contributed by atoms with Gasteiger partial charge in [-0.15, -0.1) is 0 Å². The fourth-order valence-corrected chi connectivity index (χ4v) is 1.26. The zero-order chi connectivity index (χ0) is 15.3. The fourth-order valence-electron chi connectivity index (χ4n) is 1.26. The van der Waals surface area contributed by atoms with Crippen LogP contribution in [-0.4, -0.2) is 31.2 Å². The predicted octanol–water partition coefficient (Wildman–Crippen LogP) is 1.56. The van der Waals surface area contributed by atoms with Crippen molar-refractivity contribution in [1.82, 2.24) is 5.32 Å². The maximum atomic E-state index is 13.3. The summed E-state index contributed by atoms with van der Waals surface area (Å²) in [6.45, 7) is 2.83. The molecular weight excluding hydrogens is 269 g/mol. The highest BCUT2D eigenvalue weighted by atomic mass is 19.1. The van der Waals surface area contributed by atoms with E-state index in [1.165, 1.54) is 19.1 Å². The highest BCUT2D eigenvalue weighted by molar-refractivity contribution is 5.97. The quantitative estimate of drug-likeness (QED) is 0.851. The molecule has 0 spiro atoms. The normalized spacial score (nSPS) is 11.4. The van der Waals surface area contributed by atoms with E-state index in [9.17, 15) is 18.8 Å². The Labute approximate surface area is 114 Å². The Morgan fingerprint density at radius 1 is 1.30 bits per heavy atom. The molecule has 0 unspecified atom stereocenters. The second-order valence-electron chi connectivity index (χ2n) is 3.99. The van der Waals surface area contributed by atoms with Crippen molar-refractivity contribution in [2.45, 2.75) is 20.0 Å². The SMILES string of the molecule is COC(=O)NC(=O)[C@H](C)OC(=O)c1ccc(C)c(F)c1. The standard InChI is InChI=1S/C13H14FNO5/c1-7-4-5-9(6-10(7)14)12(17)20-8(2)11(16)15-13(18)19-3/h4-6,8H,1-3H3,(H,15,16,18)/t8-/m0/s1. The summed E-state index contributed by atoms with van der Waals surface area (Å²) in [5.74, 6) is -2.25. The van der Waals surface area contributed by atoms with Crippen molar-refractivity contribution < 1.29 is 28.2 Å². The van der Waals surface area contributed by atoms with Gasteiger partial charge in [-0.25, -0.2) is 14.0 Å². The van der Waals surface area contributed by atoms with Crippen LogP contribution in [0.3, 0.4) is 0 Å². The molecule has 0 aliphatic rings. The summed E-state index contributed by atoms with van der Waals surface area (Å²) in [6.07, 6.45) is -2.18. The second kappa shape index (κ2) is 6.65. The Morgan fingerprint density at radius 3 is 2.50 bits per heavy atom. The molecule has 0 fully saturated rings. The number of benzene rings is 1. The van der Waals surface area contributed by atoms with Gasteiger partial charge in [-0.05, 0) is 31.5 Å². The van der Waals surface area contributed by atoms with Crippen LogP contribution in [0, 0.1) is 12.7 Å². The summed E-state index contributed by atoms with van der Waals surface area (Å²) < 4.78 is 22.3. The number of rotatable bonds is 3. The predicted molar refractivity (Wildman–Crippen MR) is 66.6 cm³/mol. The van der Waals surface area contributed by atoms with Crippen LogP contribution >= 0.6 is 0 Å². The molecule has 0 aromatic heterocycles. The van der Waals surface area contributed by atoms with E-state index >= 15 is 0 Å². The van der Waals surface area contributed by atoms with Crippen LogP contribution in [0.2, 0.25) is 0 Å². The maximum Gasteiger partial charge on any atom is 0.413 e. The zero-order valence-electron chi connectivity index (χ0n) is 11.2. The summed E-state index contributed by atoms with van der Waals surface area (Å²) >= 11 is 0. The lowest BCUT2D eigenvalue weighted by Crippen LogP contribution is -2.39. The molecule has 0 aliphatic heterocycles. The molecule has 0 aliphatic carbocycles. The Kier molecular flexibility index (Phi) is 5.19. The van der Waals surface area contributed by atoms with Crippen LogP contribution in [0.5, 0.6) is 0 Å². The topological polar surface area (TPSA) is 81.7 Å². The number of carbonyl (C=O) groups excluding carboxylic acids is 3. The first-order valence-electron chi connectivity index (χ1n) is 5.71. The fraction of sp³-hybridized carbons (Fsp3) is 0.308. The van der Waals surface area contributed by atoms with Gasteiger partial charge in [-0.1, -0.05) is 6.07 Å². The summed E-state index contributed by atoms with van der Waals surface area (Å²) in [4.78, 5) is 34.0. The Morgan fingerprint density at radius 2 is 1.95 bits per heavy atom. The van der Waals surface area contributed by atoms with E-state index in [-0.39, 0.29) is 5.56 Å². The zero-order valence-corrected chi connectivity index (χ0v) is 11.2. The van der Waals surface area contributed by atoms with E-state index in [1.807, 2.05) is 5.32 Å². The van der Waals surface area contributed by atoms with Crippen molar-refractivity contribution in [2.75, 3.05) is 7.11 Å². The summed E-state index contributed by atoms with van der Waals surface area (Å²) in [6, 6.07) is 3.82. The first-order valence-corrected chi connectivity index (χ1v) is 5.71. The van der Waals surface area contributed by atoms with Gasteiger partial charge < -0.3 is 9.47 Å². The third kappa shape index (κ3) is 4.04. The third-order valence-electron chi connectivity index (χ3n) is 2.47. The van der Waals surface area contributed by atoms with Crippen molar-refractivity contribution in [1.29, 1.82) is 0 Å². The molecule has 1 aromatic rings. The van der Waals surface area contributed by atoms with E-state index < -0.39 is 29.9 Å². The van der Waals surface area contributed by atoms with Crippen molar-refractivity contribution in [2.24, 2.45) is 0 Å². The van der Waals surface area contributed by atoms with Crippen LogP contribution < -0.4 is 5.32 Å². The average molecular weight is 283 g/mol. The number of halogens is 1. The smallest absolute Gasteiger partial charge is 0.413 e. The van der Waals surface area contributed by atoms with Gasteiger partial charge in [0.15, 0.2) is 6.10 Å². The van der Waals surface area contributed by atoms with Crippen LogP contribution in [0.1, 0.15) is 22.8 Å². The van der Waals surface area contributed by atoms with Gasteiger partial charge in [0.05, 0.1) is 12.7 Å². The summed E-state index contributed by atoms with van der Waals surface area (Å²) in [5, 5.41) is 1.86. The molecule has 0 saturated carbocycles. The molecule has 0 radical (unpaired) electrons. The molecule has 1 atom stereocenters. The number of carbonyl (C=O) groups is 3. The second-order valence-corrected chi connectivity index (χ2v) is 3.99. The summed E-state index contributed by atoms with van der Waals surface area (Å²) in [5.41, 5.74) is 0.365. The van der Waals surface area contributed by atoms with E-state index in [2.05, 4.69) is 4.74 Å². The van der Waals surface area contributed by atoms with Crippen LogP contribution in [0.15, 0.2) is 18.2 Å². The van der Waals surface area contributed by atoms with Gasteiger partial charge in [-0.2, -0.15) is 0 Å². The Hall–Kier alpha value is -2.44. The largest absolute Gasteiger partial charge is 0.453 e. The van der Waals surface area contributed by atoms with Crippen LogP contribution in [0.4, 0.5) is 9.18 Å². The number of ether oxygens (including phenoxy) is 2. The van der Waals surface area contributed by atoms with Gasteiger partial charge >= 0.3 is 12.1 Å². The molecule has 108 valence electrons. The molecule has 1 aromatic carbocycles. The molecule has 0 bridgehead atoms. The van der Waals surface area contributed by atoms with Crippen LogP contribution in [-0.2, 0) is 14.3 Å². The van der Waals surface area contributed by atoms with Crippen molar-refractivity contribution >= 4 is 18.0 Å². The lowest BCUT2D eigenvalue weighted by atomic mass is 10.1. The van der Waals surface area contributed by atoms with Crippen LogP contribution in [0.25, 0.3) is 0 Å². The highest BCUT2D eigenvalue weighted by Crippen LogP contribution is 2.11. The minimum absolute atomic E-state index is 0.0224. The Balaban J connectivity index is 2.67. The van der Waals surface area contributed by atoms with Crippen molar-refractivity contribution in [3.8, 4) is 0 Å². The number of alkyl carbamates (subject to hydrolysis) is 1. The molecule has 0 heterocycles. The van der Waals surface area contributed by atoms with E-state index in [0.29, 0.717) is 5.56 Å². The molecule has 20 heavy (non-hydrogen) atoms. The maximum absolute atomic E-state index is 13.3. The van der Waals surface area contributed by atoms with E-state index in [1.54, 1.807) is 6.92 Å². The minimum Gasteiger partial charge on any atom is -0.453 e. The molecule has 2 amide bonds. The number of hydrogen-bond acceptors (Lipinski definition) is 5. The van der Waals surface area contributed by atoms with Gasteiger partial charge in [0.25, 0.3) is 5.91 Å². The monoisotopic (exact) mass is 283 g/mol. The first-order chi connectivity index (χ1) is 9.35. The molecule has 6 nitrogen and oxygen atoms in total. The number of methoxy groups -OCH3 is 1. The number of aryl methyl sites for hydroxylation is 1. The first kappa shape index (κ1) is 15.6. The minimum atomic E-state index is -1.22. The lowest BCUT2D eigenvalue weighted by molar-refractivity contribution is -0.128. The molecule has 0 saturated heterocycles. The van der Waals surface area contributed by atoms with Crippen molar-refractivity contribution in [3.63, 3.8) is 0 Å². The van der Waals surface area contributed by atoms with Gasteiger partial charge in [0.1, 0.15) is 5.82 Å².